The predicted molar refractivity (Wildman–Crippen MR) is 70.5 cm³/mol. The number of nitrogens with zero attached hydrogens (tertiary/aromatic N) is 3. The van der Waals surface area contributed by atoms with E-state index < -0.39 is 11.9 Å². The highest BCUT2D eigenvalue weighted by molar-refractivity contribution is 6.28. The molecule has 1 aromatic rings. The lowest BCUT2D eigenvalue weighted by Gasteiger charge is -2.15. The van der Waals surface area contributed by atoms with Gasteiger partial charge in [-0.25, -0.2) is 0 Å². The molecule has 0 spiro atoms. The first kappa shape index (κ1) is 15.4. The molecule has 106 valence electrons. The summed E-state index contributed by atoms with van der Waals surface area (Å²) in [5, 5.41) is 11.9. The van der Waals surface area contributed by atoms with E-state index in [-0.39, 0.29) is 23.8 Å². The van der Waals surface area contributed by atoms with Crippen LogP contribution in [0.5, 0.6) is 6.01 Å². The Hall–Kier alpha value is -1.63. The molecule has 0 radical (unpaired) electrons. The molecule has 0 bridgehead atoms. The number of carboxylic acids is 1. The predicted octanol–water partition coefficient (Wildman–Crippen LogP) is 1.69. The lowest BCUT2D eigenvalue weighted by Crippen LogP contribution is -2.25. The highest BCUT2D eigenvalue weighted by atomic mass is 35.5. The van der Waals surface area contributed by atoms with E-state index in [2.05, 4.69) is 20.3 Å². The number of aliphatic carboxylic acids is 1. The number of anilines is 1. The van der Waals surface area contributed by atoms with Crippen LogP contribution in [0, 0.1) is 11.8 Å². The van der Waals surface area contributed by atoms with E-state index in [1.54, 1.807) is 0 Å². The van der Waals surface area contributed by atoms with E-state index >= 15 is 0 Å². The van der Waals surface area contributed by atoms with E-state index in [1.807, 2.05) is 13.8 Å². The van der Waals surface area contributed by atoms with Gasteiger partial charge in [0.2, 0.25) is 11.2 Å². The number of nitrogens with one attached hydrogen (secondary N) is 1. The third-order valence-corrected chi connectivity index (χ3v) is 2.55. The number of aromatic nitrogens is 3. The molecule has 2 N–H and O–H groups in total. The minimum absolute atomic E-state index is 0.00918. The Balaban J connectivity index is 2.68. The van der Waals surface area contributed by atoms with E-state index in [0.29, 0.717) is 12.3 Å². The van der Waals surface area contributed by atoms with Gasteiger partial charge in [-0.15, -0.1) is 0 Å². The van der Waals surface area contributed by atoms with Gasteiger partial charge in [0.1, 0.15) is 0 Å². The fourth-order valence-electron chi connectivity index (χ4n) is 1.56. The van der Waals surface area contributed by atoms with Gasteiger partial charge in [0.15, 0.2) is 0 Å². The number of ether oxygens (including phenoxy) is 1. The Labute approximate surface area is 116 Å². The normalized spacial score (nSPS) is 12.3. The molecule has 0 fully saturated rings. The summed E-state index contributed by atoms with van der Waals surface area (Å²) in [5.74, 6) is -0.874. The summed E-state index contributed by atoms with van der Waals surface area (Å²) in [6.45, 7) is 4.16. The van der Waals surface area contributed by atoms with Crippen LogP contribution in [0.2, 0.25) is 5.28 Å². The van der Waals surface area contributed by atoms with Crippen LogP contribution < -0.4 is 10.1 Å². The Morgan fingerprint density at radius 2 is 2.11 bits per heavy atom. The highest BCUT2D eigenvalue weighted by Gasteiger charge is 2.19. The second-order valence-electron chi connectivity index (χ2n) is 4.46. The summed E-state index contributed by atoms with van der Waals surface area (Å²) >= 11 is 5.69. The van der Waals surface area contributed by atoms with Crippen LogP contribution in [0.25, 0.3) is 0 Å². The van der Waals surface area contributed by atoms with Gasteiger partial charge >= 0.3 is 12.0 Å². The van der Waals surface area contributed by atoms with Crippen LogP contribution >= 0.6 is 11.6 Å². The molecule has 19 heavy (non-hydrogen) atoms. The van der Waals surface area contributed by atoms with E-state index in [1.165, 1.54) is 7.11 Å². The lowest BCUT2D eigenvalue weighted by molar-refractivity contribution is -0.141. The summed E-state index contributed by atoms with van der Waals surface area (Å²) in [5.41, 5.74) is 0. The molecule has 0 saturated carbocycles. The maximum Gasteiger partial charge on any atom is 0.322 e. The van der Waals surface area contributed by atoms with E-state index in [0.717, 1.165) is 0 Å². The van der Waals surface area contributed by atoms with Crippen LogP contribution in [0.1, 0.15) is 20.3 Å². The molecule has 0 aliphatic heterocycles. The molecule has 8 heteroatoms. The van der Waals surface area contributed by atoms with Crippen LogP contribution in [0.15, 0.2) is 0 Å². The van der Waals surface area contributed by atoms with Crippen LogP contribution in [-0.2, 0) is 4.79 Å². The number of halogens is 1. The van der Waals surface area contributed by atoms with E-state index in [9.17, 15) is 4.79 Å². The van der Waals surface area contributed by atoms with Gasteiger partial charge in [-0.3, -0.25) is 4.79 Å². The molecule has 0 aliphatic carbocycles. The van der Waals surface area contributed by atoms with Gasteiger partial charge in [0.05, 0.1) is 13.0 Å². The molecule has 0 saturated heterocycles. The van der Waals surface area contributed by atoms with Gasteiger partial charge in [-0.1, -0.05) is 13.8 Å². The van der Waals surface area contributed by atoms with Crippen molar-refractivity contribution < 1.29 is 14.6 Å². The zero-order valence-electron chi connectivity index (χ0n) is 11.1. The molecule has 7 nitrogen and oxygen atoms in total. The monoisotopic (exact) mass is 288 g/mol. The van der Waals surface area contributed by atoms with Crippen molar-refractivity contribution >= 4 is 23.5 Å². The zero-order valence-corrected chi connectivity index (χ0v) is 11.8. The third-order valence-electron chi connectivity index (χ3n) is 2.38. The van der Waals surface area contributed by atoms with Crippen LogP contribution in [-0.4, -0.2) is 39.7 Å². The summed E-state index contributed by atoms with van der Waals surface area (Å²) in [4.78, 5) is 22.6. The second-order valence-corrected chi connectivity index (χ2v) is 4.80. The first-order valence-corrected chi connectivity index (χ1v) is 6.22. The Kier molecular flexibility index (Phi) is 5.75. The Morgan fingerprint density at radius 1 is 1.42 bits per heavy atom. The summed E-state index contributed by atoms with van der Waals surface area (Å²) in [6.07, 6.45) is 0.568. The molecule has 0 unspecified atom stereocenters. The van der Waals surface area contributed by atoms with Crippen LogP contribution in [0.4, 0.5) is 5.95 Å². The molecule has 0 aliphatic rings. The van der Waals surface area contributed by atoms with Crippen molar-refractivity contribution in [3.05, 3.63) is 5.28 Å². The quantitative estimate of drug-likeness (QED) is 0.788. The van der Waals surface area contributed by atoms with Gasteiger partial charge in [0, 0.05) is 6.54 Å². The first-order chi connectivity index (χ1) is 8.92. The summed E-state index contributed by atoms with van der Waals surface area (Å²) in [7, 11) is 1.41. The number of carbonyl (C=O) groups is 1. The lowest BCUT2D eigenvalue weighted by atomic mass is 9.97. The molecule has 1 atom stereocenters. The zero-order chi connectivity index (χ0) is 14.4. The van der Waals surface area contributed by atoms with E-state index in [4.69, 9.17) is 21.4 Å². The number of hydrogen-bond acceptors (Lipinski definition) is 6. The molecule has 1 rings (SSSR count). The average molecular weight is 289 g/mol. The maximum absolute atomic E-state index is 11.1. The molecular weight excluding hydrogens is 272 g/mol. The van der Waals surface area contributed by atoms with Gasteiger partial charge < -0.3 is 15.2 Å². The number of methoxy groups -OCH3 is 1. The van der Waals surface area contributed by atoms with Crippen LogP contribution in [0.3, 0.4) is 0 Å². The van der Waals surface area contributed by atoms with Crippen molar-refractivity contribution in [2.45, 2.75) is 20.3 Å². The van der Waals surface area contributed by atoms with Gasteiger partial charge in [0.25, 0.3) is 0 Å². The average Bonchev–Trinajstić information content (AvgIpc) is 2.33. The number of carboxylic acid groups (broad SMARTS) is 1. The number of hydrogen-bond donors (Lipinski definition) is 2. The van der Waals surface area contributed by atoms with Crippen molar-refractivity contribution in [2.24, 2.45) is 11.8 Å². The minimum Gasteiger partial charge on any atom is -0.481 e. The summed E-state index contributed by atoms with van der Waals surface area (Å²) in [6, 6.07) is 0.0817. The molecular formula is C11H17ClN4O3. The topological polar surface area (TPSA) is 97.2 Å². The van der Waals surface area contributed by atoms with Crippen molar-refractivity contribution in [2.75, 3.05) is 19.0 Å². The fourth-order valence-corrected chi connectivity index (χ4v) is 1.71. The number of rotatable bonds is 7. The summed E-state index contributed by atoms with van der Waals surface area (Å²) < 4.78 is 4.85. The second kappa shape index (κ2) is 7.08. The van der Waals surface area contributed by atoms with Crippen molar-refractivity contribution in [3.63, 3.8) is 0 Å². The molecule has 0 aromatic carbocycles. The maximum atomic E-state index is 11.1. The van der Waals surface area contributed by atoms with Gasteiger partial charge in [-0.05, 0) is 23.9 Å². The first-order valence-electron chi connectivity index (χ1n) is 5.84. The minimum atomic E-state index is -0.853. The van der Waals surface area contributed by atoms with Crippen molar-refractivity contribution in [1.82, 2.24) is 15.0 Å². The molecule has 1 aromatic heterocycles. The Morgan fingerprint density at radius 3 is 2.63 bits per heavy atom. The molecule has 0 amide bonds. The Bertz CT molecular complexity index is 442. The highest BCUT2D eigenvalue weighted by Crippen LogP contribution is 2.15. The largest absolute Gasteiger partial charge is 0.481 e. The van der Waals surface area contributed by atoms with Gasteiger partial charge in [-0.2, -0.15) is 15.0 Å². The SMILES string of the molecule is COc1nc(Cl)nc(NC[C@H](CC(C)C)C(=O)O)n1. The third kappa shape index (κ3) is 5.25. The molecule has 1 heterocycles. The fraction of sp³-hybridized carbons (Fsp3) is 0.636. The standard InChI is InChI=1S/C11H17ClN4O3/c1-6(2)4-7(8(17)18)5-13-10-14-9(12)15-11(16-10)19-3/h6-7H,4-5H2,1-3H3,(H,17,18)(H,13,14,15,16)/t7-/m0/s1. The smallest absolute Gasteiger partial charge is 0.322 e. The van der Waals surface area contributed by atoms with Crippen molar-refractivity contribution in [3.8, 4) is 6.01 Å². The van der Waals surface area contributed by atoms with Crippen molar-refractivity contribution in [1.29, 1.82) is 0 Å².